The second kappa shape index (κ2) is 29.8. The van der Waals surface area contributed by atoms with Gasteiger partial charge in [0.25, 0.3) is 0 Å². The minimum atomic E-state index is -0.413. The maximum atomic E-state index is 5.32. The van der Waals surface area contributed by atoms with Crippen molar-refractivity contribution in [3.05, 3.63) is 559 Å². The molecule has 0 saturated carbocycles. The molecule has 3 nitrogen and oxygen atoms in total. The highest BCUT2D eigenvalue weighted by atomic mass is 14.7. The van der Waals surface area contributed by atoms with E-state index in [4.69, 9.17) is 15.0 Å². The number of nitrogens with zero attached hydrogens (tertiary/aromatic N) is 3. The zero-order chi connectivity index (χ0) is 88.6. The maximum absolute atomic E-state index is 5.32. The molecule has 624 valence electrons. The fourth-order valence-corrected chi connectivity index (χ4v) is 24.8. The number of aromatic nitrogens is 3. The summed E-state index contributed by atoms with van der Waals surface area (Å²) >= 11 is 0. The van der Waals surface area contributed by atoms with Crippen LogP contribution in [0.5, 0.6) is 0 Å². The third-order valence-corrected chi connectivity index (χ3v) is 30.4. The minimum absolute atomic E-state index is 0.413. The zero-order valence-corrected chi connectivity index (χ0v) is 73.6. The highest BCUT2D eigenvalue weighted by molar-refractivity contribution is 6.05. The van der Waals surface area contributed by atoms with Crippen molar-refractivity contribution in [1.82, 2.24) is 15.0 Å². The van der Waals surface area contributed by atoms with Crippen molar-refractivity contribution >= 4 is 0 Å². The van der Waals surface area contributed by atoms with Crippen LogP contribution in [0.25, 0.3) is 201 Å². The van der Waals surface area contributed by atoms with Gasteiger partial charge in [-0.1, -0.05) is 437 Å². The monoisotopic (exact) mass is 1710 g/mol. The van der Waals surface area contributed by atoms with Crippen LogP contribution >= 0.6 is 0 Å². The molecule has 28 rings (SSSR count). The Balaban J connectivity index is 0.514. The molecule has 0 unspecified atom stereocenters. The van der Waals surface area contributed by atoms with E-state index in [1.54, 1.807) is 0 Å². The zero-order valence-electron chi connectivity index (χ0n) is 73.6. The molecule has 135 heavy (non-hydrogen) atoms. The lowest BCUT2D eigenvalue weighted by Crippen LogP contribution is -2.25. The smallest absolute Gasteiger partial charge is 0.0725 e. The van der Waals surface area contributed by atoms with Gasteiger partial charge in [0.2, 0.25) is 0 Å². The Hall–Kier alpha value is -17.4. The van der Waals surface area contributed by atoms with Gasteiger partial charge in [-0.25, -0.2) is 0 Å². The first-order valence-corrected chi connectivity index (χ1v) is 46.9. The Morgan fingerprint density at radius 2 is 0.274 bits per heavy atom. The number of pyridine rings is 3. The summed E-state index contributed by atoms with van der Waals surface area (Å²) in [7, 11) is 0. The second-order valence-corrected chi connectivity index (χ2v) is 36.8. The van der Waals surface area contributed by atoms with Crippen molar-refractivity contribution in [3.8, 4) is 201 Å². The number of hydrogen-bond donors (Lipinski definition) is 0. The summed E-state index contributed by atoms with van der Waals surface area (Å²) in [6.07, 6.45) is 6.16. The summed E-state index contributed by atoms with van der Waals surface area (Å²) in [5.74, 6) is 0. The molecular weight excluding hydrogens is 1630 g/mol. The van der Waals surface area contributed by atoms with Gasteiger partial charge in [-0.2, -0.15) is 0 Å². The van der Waals surface area contributed by atoms with Gasteiger partial charge in [0.1, 0.15) is 0 Å². The molecular formula is C132H81N3. The molecule has 0 radical (unpaired) electrons. The van der Waals surface area contributed by atoms with Gasteiger partial charge in [-0.15, -0.1) is 0 Å². The third-order valence-electron chi connectivity index (χ3n) is 30.4. The van der Waals surface area contributed by atoms with Gasteiger partial charge >= 0.3 is 0 Å². The normalized spacial score (nSPS) is 13.5. The van der Waals surface area contributed by atoms with Crippen molar-refractivity contribution in [3.63, 3.8) is 0 Å². The predicted octanol–water partition coefficient (Wildman–Crippen LogP) is 32.9. The molecule has 3 spiro atoms. The molecule has 0 aliphatic heterocycles. The summed E-state index contributed by atoms with van der Waals surface area (Å²) in [4.78, 5) is 15.9. The Bertz CT molecular complexity index is 7740. The molecule has 0 atom stereocenters. The quantitative estimate of drug-likeness (QED) is 0.122. The summed E-state index contributed by atoms with van der Waals surface area (Å²) in [5, 5.41) is 0. The van der Waals surface area contributed by atoms with Gasteiger partial charge in [0.15, 0.2) is 0 Å². The molecule has 3 heterocycles. The van der Waals surface area contributed by atoms with E-state index in [-0.39, 0.29) is 0 Å². The molecule has 19 aromatic carbocycles. The lowest BCUT2D eigenvalue weighted by atomic mass is 9.70. The van der Waals surface area contributed by atoms with Crippen molar-refractivity contribution in [1.29, 1.82) is 0 Å². The van der Waals surface area contributed by atoms with E-state index in [9.17, 15) is 0 Å². The lowest BCUT2D eigenvalue weighted by molar-refractivity contribution is 0.794. The van der Waals surface area contributed by atoms with Crippen LogP contribution in [0.4, 0.5) is 0 Å². The number of hydrogen-bond acceptors (Lipinski definition) is 3. The summed E-state index contributed by atoms with van der Waals surface area (Å²) < 4.78 is 0. The average Bonchev–Trinajstić information content (AvgIpc) is 1.52. The first-order chi connectivity index (χ1) is 67.0. The van der Waals surface area contributed by atoms with Crippen molar-refractivity contribution in [2.75, 3.05) is 0 Å². The fourth-order valence-electron chi connectivity index (χ4n) is 24.8. The van der Waals surface area contributed by atoms with E-state index < -0.39 is 16.2 Å². The minimum Gasteiger partial charge on any atom is -0.256 e. The largest absolute Gasteiger partial charge is 0.256 e. The van der Waals surface area contributed by atoms with Crippen LogP contribution in [-0.4, -0.2) is 15.0 Å². The molecule has 3 heteroatoms. The molecule has 0 saturated heterocycles. The van der Waals surface area contributed by atoms with Gasteiger partial charge in [0, 0.05) is 52.0 Å². The molecule has 6 aliphatic carbocycles. The summed E-state index contributed by atoms with van der Waals surface area (Å²) in [5.41, 5.74) is 56.4. The maximum Gasteiger partial charge on any atom is 0.0725 e. The van der Waals surface area contributed by atoms with Crippen molar-refractivity contribution < 1.29 is 0 Å². The Labute approximate surface area is 784 Å². The molecule has 6 aliphatic rings. The van der Waals surface area contributed by atoms with E-state index in [0.29, 0.717) is 0 Å². The van der Waals surface area contributed by atoms with E-state index in [1.165, 1.54) is 167 Å². The first-order valence-electron chi connectivity index (χ1n) is 46.9. The van der Waals surface area contributed by atoms with E-state index in [2.05, 4.69) is 492 Å². The number of fused-ring (bicyclic) bond motifs is 30. The topological polar surface area (TPSA) is 38.7 Å². The highest BCUT2D eigenvalue weighted by Gasteiger charge is 2.55. The van der Waals surface area contributed by atoms with Crippen LogP contribution in [-0.2, 0) is 16.2 Å². The van der Waals surface area contributed by atoms with Crippen LogP contribution in [0.2, 0.25) is 0 Å². The van der Waals surface area contributed by atoms with E-state index in [1.807, 2.05) is 0 Å². The molecule has 22 aromatic rings. The van der Waals surface area contributed by atoms with Crippen LogP contribution in [0.1, 0.15) is 66.8 Å². The lowest BCUT2D eigenvalue weighted by Gasteiger charge is -2.30. The van der Waals surface area contributed by atoms with Gasteiger partial charge in [-0.3, -0.25) is 15.0 Å². The van der Waals surface area contributed by atoms with Crippen LogP contribution < -0.4 is 0 Å². The molecule has 0 N–H and O–H groups in total. The molecule has 0 bridgehead atoms. The second-order valence-electron chi connectivity index (χ2n) is 36.8. The van der Waals surface area contributed by atoms with E-state index >= 15 is 0 Å². The molecule has 0 fully saturated rings. The summed E-state index contributed by atoms with van der Waals surface area (Å²) in [6.45, 7) is 0. The fraction of sp³-hybridized carbons (Fsp3) is 0.0227. The SMILES string of the molecule is c1ccc(-c2cc(-c3ccccc3-c3ccc(-c4ccc(-c5cccc6c5-c5ccccc5C65c6ccccc6-c6ccccc65)cc4)nc3)cc(-c3ccccc3-c3ccc(-c4ccc(-c5cccc6c5-c5ccccc5C65c6ccccc6-c6ccccc65)cc4)nc3)c2)c(-c2ccc(-c3ccc(-c4cccc5c4-c4ccccc4C54c5ccccc5-c5ccccc54)cc3)nc2)c1. The Kier molecular flexibility index (Phi) is 16.9. The van der Waals surface area contributed by atoms with Crippen molar-refractivity contribution in [2.24, 2.45) is 0 Å². The van der Waals surface area contributed by atoms with Crippen LogP contribution in [0, 0.1) is 0 Å². The molecule has 0 amide bonds. The van der Waals surface area contributed by atoms with E-state index in [0.717, 1.165) is 101 Å². The average molecular weight is 1710 g/mol. The van der Waals surface area contributed by atoms with Crippen molar-refractivity contribution in [2.45, 2.75) is 16.2 Å². The van der Waals surface area contributed by atoms with Crippen LogP contribution in [0.15, 0.2) is 492 Å². The first kappa shape index (κ1) is 76.5. The summed E-state index contributed by atoms with van der Waals surface area (Å²) in [6, 6.07) is 176. The third kappa shape index (κ3) is 11.0. The van der Waals surface area contributed by atoms with Gasteiger partial charge < -0.3 is 0 Å². The van der Waals surface area contributed by atoms with Gasteiger partial charge in [-0.05, 0) is 253 Å². The number of benzene rings is 19. The highest BCUT2D eigenvalue weighted by Crippen LogP contribution is 2.68. The predicted molar refractivity (Wildman–Crippen MR) is 554 cm³/mol. The van der Waals surface area contributed by atoms with Gasteiger partial charge in [0.05, 0.1) is 33.3 Å². The Morgan fingerprint density at radius 1 is 0.111 bits per heavy atom. The standard InChI is InChI=1S/C132H81N3/c1-4-31-97(94(28-1)88-70-73-124(133-79-88)85-64-58-82(59-65-85)100-43-25-55-121-127(100)109-40-13-22-52-118(109)130(121)112-46-16-7-34-103(112)104-35-8-17-47-113(104)130)91-76-92(98-32-5-2-29-95(98)89-71-74-125(134-80-89)86-66-60-83(61-67-86)101-44-26-56-122-128(101)110-41-14-23-53-119(110)131(122)114-48-18-9-36-105(114)106-37-10-19-49-115(106)131)78-93(77-91)99-33-6-3-30-96(99)90-72-75-126(135-81-90)87-68-62-84(63-69-87)102-45-27-57-123-129(102)111-42-15-24-54-120(111)132(123)116-50-20-11-38-107(116)108-39-12-21-51-117(108)132/h1-81H. The number of rotatable bonds is 12. The van der Waals surface area contributed by atoms with Crippen LogP contribution in [0.3, 0.4) is 0 Å². The molecule has 3 aromatic heterocycles. The Morgan fingerprint density at radius 3 is 0.489 bits per heavy atom.